The van der Waals surface area contributed by atoms with Crippen LogP contribution in [0.4, 0.5) is 10.1 Å². The number of amides is 1. The minimum absolute atomic E-state index is 0.0844. The highest BCUT2D eigenvalue weighted by molar-refractivity contribution is 5.93. The second kappa shape index (κ2) is 8.39. The van der Waals surface area contributed by atoms with Gasteiger partial charge in [-0.15, -0.1) is 0 Å². The second-order valence-corrected chi connectivity index (χ2v) is 7.68. The van der Waals surface area contributed by atoms with Gasteiger partial charge in [0.1, 0.15) is 29.8 Å². The molecule has 154 valence electrons. The predicted molar refractivity (Wildman–Crippen MR) is 108 cm³/mol. The van der Waals surface area contributed by atoms with Crippen molar-refractivity contribution in [2.24, 2.45) is 0 Å². The molecule has 7 heteroatoms. The summed E-state index contributed by atoms with van der Waals surface area (Å²) in [6.07, 6.45) is 0.759. The smallest absolute Gasteiger partial charge is 0.247 e. The summed E-state index contributed by atoms with van der Waals surface area (Å²) in [5.74, 6) is 0.297. The Bertz CT molecular complexity index is 823. The summed E-state index contributed by atoms with van der Waals surface area (Å²) in [7, 11) is 0. The summed E-state index contributed by atoms with van der Waals surface area (Å²) < 4.78 is 18.5. The fourth-order valence-electron chi connectivity index (χ4n) is 4.21. The van der Waals surface area contributed by atoms with Crippen LogP contribution in [0.15, 0.2) is 54.6 Å². The largest absolute Gasteiger partial charge is 0.491 e. The number of ether oxygens (including phenoxy) is 1. The lowest BCUT2D eigenvalue weighted by Crippen LogP contribution is -2.57. The Morgan fingerprint density at radius 1 is 1.10 bits per heavy atom. The summed E-state index contributed by atoms with van der Waals surface area (Å²) in [4.78, 5) is 17.0. The number of hydrogen-bond acceptors (Lipinski definition) is 5. The molecule has 0 aromatic heterocycles. The number of benzene rings is 2. The van der Waals surface area contributed by atoms with E-state index in [-0.39, 0.29) is 18.3 Å². The van der Waals surface area contributed by atoms with Crippen molar-refractivity contribution in [1.29, 1.82) is 0 Å². The molecule has 4 rings (SSSR count). The maximum Gasteiger partial charge on any atom is 0.247 e. The molecule has 2 saturated heterocycles. The number of nitrogens with one attached hydrogen (secondary N) is 1. The minimum atomic E-state index is -0.656. The molecule has 6 nitrogen and oxygen atoms in total. The molecule has 1 amide bonds. The molecule has 0 aliphatic carbocycles. The Kier molecular flexibility index (Phi) is 5.69. The van der Waals surface area contributed by atoms with Crippen LogP contribution in [-0.4, -0.2) is 60.5 Å². The van der Waals surface area contributed by atoms with Crippen LogP contribution in [0.3, 0.4) is 0 Å². The Labute approximate surface area is 169 Å². The number of likely N-dealkylation sites (tertiary alicyclic amines) is 1. The first-order chi connectivity index (χ1) is 14.1. The maximum absolute atomic E-state index is 12.9. The molecule has 2 aliphatic heterocycles. The summed E-state index contributed by atoms with van der Waals surface area (Å²) >= 11 is 0. The van der Waals surface area contributed by atoms with Gasteiger partial charge in [0.25, 0.3) is 0 Å². The number of β-amino-alcohol motifs (C(OH)–C–C–N with tert-alkyl or cyclic N) is 1. The summed E-state index contributed by atoms with van der Waals surface area (Å²) in [5.41, 5.74) is 0.528. The molecule has 2 aromatic carbocycles. The molecule has 2 aromatic rings. The Hall–Kier alpha value is -2.64. The Morgan fingerprint density at radius 3 is 2.48 bits per heavy atom. The van der Waals surface area contributed by atoms with Crippen molar-refractivity contribution >= 4 is 11.6 Å². The number of rotatable bonds is 6. The number of aliphatic hydroxyl groups excluding tert-OH is 1. The van der Waals surface area contributed by atoms with Crippen LogP contribution in [0.2, 0.25) is 0 Å². The number of carbonyl (C=O) groups excluding carboxylic acids is 1. The molecule has 2 fully saturated rings. The summed E-state index contributed by atoms with van der Waals surface area (Å²) in [5, 5.41) is 13.3. The lowest BCUT2D eigenvalue weighted by Gasteiger charge is -2.43. The van der Waals surface area contributed by atoms with Crippen molar-refractivity contribution < 1.29 is 19.0 Å². The molecule has 1 spiro atoms. The van der Waals surface area contributed by atoms with Gasteiger partial charge >= 0.3 is 0 Å². The van der Waals surface area contributed by atoms with Crippen molar-refractivity contribution in [2.45, 2.75) is 24.5 Å². The third-order valence-corrected chi connectivity index (χ3v) is 5.81. The SMILES string of the molecule is O=C1NCN(c2ccccc2)C12CCN(CC(O)COc1ccc(F)cc1)CC2. The number of nitrogens with zero attached hydrogens (tertiary/aromatic N) is 2. The molecular formula is C22H26FN3O3. The molecule has 29 heavy (non-hydrogen) atoms. The van der Waals surface area contributed by atoms with Gasteiger partial charge < -0.3 is 25.0 Å². The molecule has 1 unspecified atom stereocenters. The van der Waals surface area contributed by atoms with Gasteiger partial charge in [0.15, 0.2) is 0 Å². The van der Waals surface area contributed by atoms with Crippen LogP contribution >= 0.6 is 0 Å². The third-order valence-electron chi connectivity index (χ3n) is 5.81. The number of para-hydroxylation sites is 1. The lowest BCUT2D eigenvalue weighted by atomic mass is 9.85. The van der Waals surface area contributed by atoms with Gasteiger partial charge in [-0.1, -0.05) is 18.2 Å². The highest BCUT2D eigenvalue weighted by atomic mass is 19.1. The zero-order chi connectivity index (χ0) is 20.3. The van der Waals surface area contributed by atoms with E-state index in [4.69, 9.17) is 4.74 Å². The number of hydrogen-bond donors (Lipinski definition) is 2. The standard InChI is InChI=1S/C22H26FN3O3/c23-17-6-8-20(9-7-17)29-15-19(27)14-25-12-10-22(11-13-25)21(28)24-16-26(22)18-4-2-1-3-5-18/h1-9,19,27H,10-16H2,(H,24,28). The van der Waals surface area contributed by atoms with Crippen molar-refractivity contribution in [2.75, 3.05) is 37.8 Å². The lowest BCUT2D eigenvalue weighted by molar-refractivity contribution is -0.125. The maximum atomic E-state index is 12.9. The minimum Gasteiger partial charge on any atom is -0.491 e. The van der Waals surface area contributed by atoms with E-state index in [1.54, 1.807) is 12.1 Å². The highest BCUT2D eigenvalue weighted by Crippen LogP contribution is 2.36. The molecule has 0 radical (unpaired) electrons. The third kappa shape index (κ3) is 4.21. The average molecular weight is 399 g/mol. The fraction of sp³-hybridized carbons (Fsp3) is 0.409. The van der Waals surface area contributed by atoms with Gasteiger partial charge in [0, 0.05) is 25.3 Å². The second-order valence-electron chi connectivity index (χ2n) is 7.68. The van der Waals surface area contributed by atoms with Crippen molar-refractivity contribution in [1.82, 2.24) is 10.2 Å². The highest BCUT2D eigenvalue weighted by Gasteiger charge is 2.50. The van der Waals surface area contributed by atoms with Crippen molar-refractivity contribution in [3.05, 3.63) is 60.4 Å². The molecule has 0 bridgehead atoms. The van der Waals surface area contributed by atoms with E-state index >= 15 is 0 Å². The van der Waals surface area contributed by atoms with Crippen LogP contribution in [0.5, 0.6) is 5.75 Å². The van der Waals surface area contributed by atoms with Crippen molar-refractivity contribution in [3.8, 4) is 5.75 Å². The van der Waals surface area contributed by atoms with Crippen molar-refractivity contribution in [3.63, 3.8) is 0 Å². The number of halogens is 1. The van der Waals surface area contributed by atoms with Gasteiger partial charge in [-0.3, -0.25) is 4.79 Å². The number of aliphatic hydroxyl groups is 1. The van der Waals surface area contributed by atoms with Gasteiger partial charge in [-0.25, -0.2) is 4.39 Å². The van der Waals surface area contributed by atoms with Crippen LogP contribution in [0.1, 0.15) is 12.8 Å². The average Bonchev–Trinajstić information content (AvgIpc) is 3.06. The molecular weight excluding hydrogens is 373 g/mol. The Balaban J connectivity index is 1.31. The van der Waals surface area contributed by atoms with E-state index < -0.39 is 11.6 Å². The number of piperidine rings is 1. The molecule has 0 saturated carbocycles. The fourth-order valence-corrected chi connectivity index (χ4v) is 4.21. The number of anilines is 1. The zero-order valence-corrected chi connectivity index (χ0v) is 16.3. The summed E-state index contributed by atoms with van der Waals surface area (Å²) in [6, 6.07) is 15.8. The predicted octanol–water partition coefficient (Wildman–Crippen LogP) is 1.99. The van der Waals surface area contributed by atoms with Gasteiger partial charge in [0.2, 0.25) is 5.91 Å². The molecule has 2 N–H and O–H groups in total. The van der Waals surface area contributed by atoms with Crippen LogP contribution in [0.25, 0.3) is 0 Å². The van der Waals surface area contributed by atoms with E-state index in [0.717, 1.165) is 18.8 Å². The first-order valence-electron chi connectivity index (χ1n) is 9.97. The first-order valence-corrected chi connectivity index (χ1v) is 9.97. The Morgan fingerprint density at radius 2 is 1.79 bits per heavy atom. The van der Waals surface area contributed by atoms with E-state index in [2.05, 4.69) is 15.1 Å². The molecule has 2 aliphatic rings. The monoisotopic (exact) mass is 399 g/mol. The van der Waals surface area contributed by atoms with E-state index in [1.165, 1.54) is 12.1 Å². The zero-order valence-electron chi connectivity index (χ0n) is 16.3. The van der Waals surface area contributed by atoms with Gasteiger partial charge in [-0.05, 0) is 49.2 Å². The van der Waals surface area contributed by atoms with Crippen LogP contribution < -0.4 is 15.0 Å². The quantitative estimate of drug-likeness (QED) is 0.778. The van der Waals surface area contributed by atoms with E-state index in [9.17, 15) is 14.3 Å². The normalized spacial score (nSPS) is 19.9. The topological polar surface area (TPSA) is 65.0 Å². The van der Waals surface area contributed by atoms with Gasteiger partial charge in [0.05, 0.1) is 6.67 Å². The molecule has 1 atom stereocenters. The van der Waals surface area contributed by atoms with Crippen LogP contribution in [-0.2, 0) is 4.79 Å². The van der Waals surface area contributed by atoms with E-state index in [1.807, 2.05) is 30.3 Å². The summed E-state index contributed by atoms with van der Waals surface area (Å²) in [6.45, 7) is 2.60. The molecule has 2 heterocycles. The van der Waals surface area contributed by atoms with E-state index in [0.29, 0.717) is 31.8 Å². The first kappa shape index (κ1) is 19.7. The van der Waals surface area contributed by atoms with Gasteiger partial charge in [-0.2, -0.15) is 0 Å². The van der Waals surface area contributed by atoms with Crippen LogP contribution in [0, 0.1) is 5.82 Å². The number of carbonyl (C=O) groups is 1.